The third-order valence-corrected chi connectivity index (χ3v) is 3.59. The molecule has 2 rings (SSSR count). The van der Waals surface area contributed by atoms with Crippen molar-refractivity contribution in [1.29, 1.82) is 0 Å². The summed E-state index contributed by atoms with van der Waals surface area (Å²) in [6, 6.07) is -0.239. The normalized spacial score (nSPS) is 20.2. The van der Waals surface area contributed by atoms with Crippen LogP contribution in [0, 0.1) is 0 Å². The molecule has 6 nitrogen and oxygen atoms in total. The molecule has 1 aromatic heterocycles. The van der Waals surface area contributed by atoms with Gasteiger partial charge >= 0.3 is 0 Å². The number of nitrogens with two attached hydrogens (primary N) is 1. The second-order valence-electron chi connectivity index (χ2n) is 3.65. The lowest BCUT2D eigenvalue weighted by Crippen LogP contribution is -2.26. The van der Waals surface area contributed by atoms with E-state index in [2.05, 4.69) is 14.9 Å². The van der Waals surface area contributed by atoms with Crippen LogP contribution in [0.4, 0.5) is 0 Å². The molecule has 7 heteroatoms. The van der Waals surface area contributed by atoms with Crippen molar-refractivity contribution in [3.8, 4) is 0 Å². The number of hydrogen-bond acceptors (Lipinski definition) is 6. The van der Waals surface area contributed by atoms with Crippen LogP contribution in [0.1, 0.15) is 37.5 Å². The van der Waals surface area contributed by atoms with Crippen LogP contribution in [0.25, 0.3) is 0 Å². The molecular formula is C8H14N4O2S. The Morgan fingerprint density at radius 1 is 1.73 bits per heavy atom. The molecule has 0 bridgehead atoms. The maximum atomic E-state index is 11.4. The van der Waals surface area contributed by atoms with Gasteiger partial charge in [-0.15, -0.1) is 4.72 Å². The highest BCUT2D eigenvalue weighted by molar-refractivity contribution is 7.90. The van der Waals surface area contributed by atoms with Gasteiger partial charge in [0, 0.05) is 24.2 Å². The summed E-state index contributed by atoms with van der Waals surface area (Å²) < 4.78 is 19.2. The molecule has 0 amide bonds. The van der Waals surface area contributed by atoms with E-state index in [4.69, 9.17) is 10.3 Å². The van der Waals surface area contributed by atoms with Gasteiger partial charge in [-0.05, 0) is 6.92 Å². The Morgan fingerprint density at radius 2 is 2.47 bits per heavy atom. The van der Waals surface area contributed by atoms with E-state index >= 15 is 0 Å². The minimum Gasteiger partial charge on any atom is -0.598 e. The lowest BCUT2D eigenvalue weighted by atomic mass is 10.3. The second-order valence-corrected chi connectivity index (χ2v) is 5.20. The van der Waals surface area contributed by atoms with E-state index in [1.54, 1.807) is 6.92 Å². The quantitative estimate of drug-likeness (QED) is 0.691. The number of rotatable bonds is 5. The maximum Gasteiger partial charge on any atom is 0.245 e. The lowest BCUT2D eigenvalue weighted by molar-refractivity contribution is 0.368. The minimum atomic E-state index is -0.972. The Kier molecular flexibility index (Phi) is 3.25. The lowest BCUT2D eigenvalue weighted by Gasteiger charge is -2.07. The van der Waals surface area contributed by atoms with Crippen LogP contribution in [-0.2, 0) is 17.9 Å². The summed E-state index contributed by atoms with van der Waals surface area (Å²) in [5.41, 5.74) is 5.58. The van der Waals surface area contributed by atoms with Gasteiger partial charge < -0.3 is 14.8 Å². The Morgan fingerprint density at radius 3 is 3.00 bits per heavy atom. The van der Waals surface area contributed by atoms with E-state index in [0.29, 0.717) is 23.5 Å². The van der Waals surface area contributed by atoms with E-state index in [0.717, 1.165) is 12.8 Å². The first-order valence-corrected chi connectivity index (χ1v) is 6.10. The van der Waals surface area contributed by atoms with Gasteiger partial charge in [0.15, 0.2) is 5.82 Å². The summed E-state index contributed by atoms with van der Waals surface area (Å²) in [6.45, 7) is 2.12. The highest BCUT2D eigenvalue weighted by Crippen LogP contribution is 2.27. The highest BCUT2D eigenvalue weighted by Gasteiger charge is 2.34. The molecule has 0 saturated heterocycles. The van der Waals surface area contributed by atoms with E-state index in [-0.39, 0.29) is 6.04 Å². The van der Waals surface area contributed by atoms with Crippen LogP contribution in [0.3, 0.4) is 0 Å². The first-order valence-electron chi connectivity index (χ1n) is 4.89. The predicted molar refractivity (Wildman–Crippen MR) is 54.9 cm³/mol. The van der Waals surface area contributed by atoms with Crippen molar-refractivity contribution in [2.75, 3.05) is 0 Å². The molecule has 2 atom stereocenters. The first-order chi connectivity index (χ1) is 7.16. The molecule has 0 spiro atoms. The van der Waals surface area contributed by atoms with E-state index in [9.17, 15) is 4.55 Å². The van der Waals surface area contributed by atoms with Crippen molar-refractivity contribution in [2.45, 2.75) is 37.6 Å². The molecule has 1 aromatic rings. The van der Waals surface area contributed by atoms with Crippen molar-refractivity contribution in [3.63, 3.8) is 0 Å². The van der Waals surface area contributed by atoms with E-state index in [1.165, 1.54) is 0 Å². The van der Waals surface area contributed by atoms with Crippen LogP contribution < -0.4 is 10.5 Å². The van der Waals surface area contributed by atoms with Crippen LogP contribution in [0.5, 0.6) is 0 Å². The predicted octanol–water partition coefficient (Wildman–Crippen LogP) is 0.00500. The molecule has 0 aromatic carbocycles. The fraction of sp³-hybridized carbons (Fsp3) is 0.750. The van der Waals surface area contributed by atoms with Crippen molar-refractivity contribution in [1.82, 2.24) is 14.9 Å². The fourth-order valence-electron chi connectivity index (χ4n) is 1.06. The molecule has 0 aliphatic heterocycles. The zero-order chi connectivity index (χ0) is 10.8. The Bertz CT molecular complexity index is 326. The summed E-state index contributed by atoms with van der Waals surface area (Å²) in [5.74, 6) is 0.903. The fourth-order valence-corrected chi connectivity index (χ4v) is 2.12. The summed E-state index contributed by atoms with van der Waals surface area (Å²) >= 11 is -0.972. The topological polar surface area (TPSA) is 100 Å². The van der Waals surface area contributed by atoms with Crippen LogP contribution >= 0.6 is 0 Å². The van der Waals surface area contributed by atoms with Crippen LogP contribution in [0.15, 0.2) is 4.52 Å². The molecule has 2 unspecified atom stereocenters. The van der Waals surface area contributed by atoms with Gasteiger partial charge in [-0.2, -0.15) is 4.98 Å². The molecule has 1 aliphatic carbocycles. The average molecular weight is 230 g/mol. The zero-order valence-corrected chi connectivity index (χ0v) is 9.29. The van der Waals surface area contributed by atoms with Crippen molar-refractivity contribution in [3.05, 3.63) is 11.7 Å². The average Bonchev–Trinajstić information content (AvgIpc) is 2.93. The van der Waals surface area contributed by atoms with Gasteiger partial charge in [0.1, 0.15) is 11.8 Å². The van der Waals surface area contributed by atoms with Crippen molar-refractivity contribution >= 4 is 11.4 Å². The molecule has 15 heavy (non-hydrogen) atoms. The molecule has 1 fully saturated rings. The number of aromatic nitrogens is 2. The molecule has 84 valence electrons. The third-order valence-electron chi connectivity index (χ3n) is 2.08. The van der Waals surface area contributed by atoms with E-state index in [1.807, 2.05) is 0 Å². The zero-order valence-electron chi connectivity index (χ0n) is 8.47. The number of hydrogen-bond donors (Lipinski definition) is 2. The van der Waals surface area contributed by atoms with Gasteiger partial charge in [0.05, 0.1) is 6.04 Å². The molecule has 1 saturated carbocycles. The highest BCUT2D eigenvalue weighted by atomic mass is 32.2. The summed E-state index contributed by atoms with van der Waals surface area (Å²) in [6.07, 6.45) is 2.07. The second kappa shape index (κ2) is 4.48. The molecule has 1 heterocycles. The molecule has 3 N–H and O–H groups in total. The van der Waals surface area contributed by atoms with Crippen molar-refractivity contribution in [2.24, 2.45) is 5.73 Å². The standard InChI is InChI=1S/C8H14N4O2S/c1-5(9)8-11-7(14-12-8)4-10-15(13)6-2-3-6/h5-6,10H,2-4,9H2,1H3. The number of nitrogens with one attached hydrogen (secondary N) is 1. The Hall–Kier alpha value is -0.630. The summed E-state index contributed by atoms with van der Waals surface area (Å²) in [7, 11) is 0. The van der Waals surface area contributed by atoms with Gasteiger partial charge in [-0.3, -0.25) is 0 Å². The minimum absolute atomic E-state index is 0.239. The van der Waals surface area contributed by atoms with Crippen LogP contribution in [0.2, 0.25) is 0 Å². The summed E-state index contributed by atoms with van der Waals surface area (Å²) in [5, 5.41) is 4.01. The van der Waals surface area contributed by atoms with E-state index < -0.39 is 11.4 Å². The third kappa shape index (κ3) is 2.91. The SMILES string of the molecule is CC(N)c1noc(CN[S+]([O-])C2CC2)n1. The van der Waals surface area contributed by atoms with Crippen molar-refractivity contribution < 1.29 is 9.08 Å². The largest absolute Gasteiger partial charge is 0.598 e. The summed E-state index contributed by atoms with van der Waals surface area (Å²) in [4.78, 5) is 4.06. The van der Waals surface area contributed by atoms with Gasteiger partial charge in [-0.1, -0.05) is 5.16 Å². The van der Waals surface area contributed by atoms with Gasteiger partial charge in [0.25, 0.3) is 0 Å². The molecular weight excluding hydrogens is 216 g/mol. The van der Waals surface area contributed by atoms with Gasteiger partial charge in [0.2, 0.25) is 5.89 Å². The van der Waals surface area contributed by atoms with Crippen LogP contribution in [-0.4, -0.2) is 19.9 Å². The molecule has 1 aliphatic rings. The Balaban J connectivity index is 1.82. The smallest absolute Gasteiger partial charge is 0.245 e. The maximum absolute atomic E-state index is 11.4. The Labute approximate surface area is 90.9 Å². The first kappa shape index (κ1) is 10.9. The monoisotopic (exact) mass is 230 g/mol. The number of nitrogens with zero attached hydrogens (tertiary/aromatic N) is 2. The molecule has 0 radical (unpaired) electrons. The van der Waals surface area contributed by atoms with Gasteiger partial charge in [-0.25, -0.2) is 0 Å².